The molecule has 28 heavy (non-hydrogen) atoms. The smallest absolute Gasteiger partial charge is 0.316 e. The SMILES string of the molecule is COc1ccccc1-n1cnnc1SCC(=O)O[C@@H]1C[C@@H](C)CC[C@H]1C(C)C. The van der Waals surface area contributed by atoms with Crippen LogP contribution >= 0.6 is 11.8 Å². The van der Waals surface area contributed by atoms with Crippen molar-refractivity contribution in [1.82, 2.24) is 14.8 Å². The number of carbonyl (C=O) groups excluding carboxylic acids is 1. The van der Waals surface area contributed by atoms with E-state index in [9.17, 15) is 4.79 Å². The number of aromatic nitrogens is 3. The molecule has 0 N–H and O–H groups in total. The summed E-state index contributed by atoms with van der Waals surface area (Å²) in [5.74, 6) is 2.32. The van der Waals surface area contributed by atoms with Crippen LogP contribution in [0, 0.1) is 17.8 Å². The van der Waals surface area contributed by atoms with Gasteiger partial charge in [0.2, 0.25) is 0 Å². The number of carbonyl (C=O) groups is 1. The second-order valence-corrected chi connectivity index (χ2v) is 8.74. The Hall–Kier alpha value is -2.02. The molecule has 3 rings (SSSR count). The molecule has 0 spiro atoms. The summed E-state index contributed by atoms with van der Waals surface area (Å²) in [5.41, 5.74) is 0.840. The topological polar surface area (TPSA) is 66.2 Å². The molecular weight excluding hydrogens is 374 g/mol. The van der Waals surface area contributed by atoms with Crippen molar-refractivity contribution in [2.45, 2.75) is 51.3 Å². The molecule has 1 aromatic heterocycles. The molecule has 0 unspecified atom stereocenters. The molecule has 1 heterocycles. The average Bonchev–Trinajstić information content (AvgIpc) is 3.14. The molecule has 3 atom stereocenters. The largest absolute Gasteiger partial charge is 0.495 e. The van der Waals surface area contributed by atoms with Crippen LogP contribution in [0.5, 0.6) is 5.75 Å². The minimum Gasteiger partial charge on any atom is -0.495 e. The van der Waals surface area contributed by atoms with Crippen molar-refractivity contribution in [2.24, 2.45) is 17.8 Å². The number of methoxy groups -OCH3 is 1. The highest BCUT2D eigenvalue weighted by Crippen LogP contribution is 2.35. The van der Waals surface area contributed by atoms with E-state index in [0.29, 0.717) is 22.9 Å². The van der Waals surface area contributed by atoms with Gasteiger partial charge in [-0.1, -0.05) is 51.1 Å². The van der Waals surface area contributed by atoms with Crippen LogP contribution in [0.25, 0.3) is 5.69 Å². The third-order valence-electron chi connectivity index (χ3n) is 5.42. The molecule has 0 aliphatic heterocycles. The van der Waals surface area contributed by atoms with Gasteiger partial charge in [-0.25, -0.2) is 0 Å². The molecule has 6 nitrogen and oxygen atoms in total. The molecule has 1 saturated carbocycles. The quantitative estimate of drug-likeness (QED) is 0.505. The van der Waals surface area contributed by atoms with Crippen LogP contribution in [-0.4, -0.2) is 39.7 Å². The number of thioether (sulfide) groups is 1. The Morgan fingerprint density at radius 3 is 2.86 bits per heavy atom. The average molecular weight is 404 g/mol. The molecule has 0 bridgehead atoms. The minimum atomic E-state index is -0.190. The lowest BCUT2D eigenvalue weighted by atomic mass is 9.75. The number of para-hydroxylation sites is 2. The lowest BCUT2D eigenvalue weighted by Crippen LogP contribution is -2.36. The van der Waals surface area contributed by atoms with E-state index in [1.54, 1.807) is 13.4 Å². The zero-order valence-corrected chi connectivity index (χ0v) is 17.8. The molecule has 0 radical (unpaired) electrons. The fourth-order valence-electron chi connectivity index (χ4n) is 3.89. The summed E-state index contributed by atoms with van der Waals surface area (Å²) in [4.78, 5) is 12.5. The highest BCUT2D eigenvalue weighted by Gasteiger charge is 2.33. The predicted molar refractivity (Wildman–Crippen MR) is 110 cm³/mol. The fourth-order valence-corrected chi connectivity index (χ4v) is 4.60. The molecule has 7 heteroatoms. The van der Waals surface area contributed by atoms with Crippen molar-refractivity contribution in [1.29, 1.82) is 0 Å². The monoisotopic (exact) mass is 403 g/mol. The van der Waals surface area contributed by atoms with E-state index in [4.69, 9.17) is 9.47 Å². The van der Waals surface area contributed by atoms with Crippen LogP contribution < -0.4 is 4.74 Å². The van der Waals surface area contributed by atoms with Gasteiger partial charge in [-0.15, -0.1) is 10.2 Å². The molecular formula is C21H29N3O3S. The van der Waals surface area contributed by atoms with Crippen molar-refractivity contribution in [3.63, 3.8) is 0 Å². The molecule has 1 aromatic carbocycles. The first-order chi connectivity index (χ1) is 13.5. The zero-order valence-electron chi connectivity index (χ0n) is 17.0. The van der Waals surface area contributed by atoms with E-state index in [1.807, 2.05) is 28.8 Å². The summed E-state index contributed by atoms with van der Waals surface area (Å²) in [6, 6.07) is 7.65. The minimum absolute atomic E-state index is 0.0175. The summed E-state index contributed by atoms with van der Waals surface area (Å²) in [6.07, 6.45) is 4.95. The van der Waals surface area contributed by atoms with E-state index < -0.39 is 0 Å². The third kappa shape index (κ3) is 4.87. The second-order valence-electron chi connectivity index (χ2n) is 7.80. The first-order valence-corrected chi connectivity index (χ1v) is 10.8. The highest BCUT2D eigenvalue weighted by molar-refractivity contribution is 7.99. The van der Waals surface area contributed by atoms with Gasteiger partial charge < -0.3 is 9.47 Å². The van der Waals surface area contributed by atoms with Crippen molar-refractivity contribution in [3.05, 3.63) is 30.6 Å². The number of rotatable bonds is 7. The van der Waals surface area contributed by atoms with Crippen LogP contribution in [-0.2, 0) is 9.53 Å². The highest BCUT2D eigenvalue weighted by atomic mass is 32.2. The number of benzene rings is 1. The van der Waals surface area contributed by atoms with Gasteiger partial charge in [0.1, 0.15) is 18.2 Å². The maximum Gasteiger partial charge on any atom is 0.316 e. The molecule has 1 aliphatic carbocycles. The molecule has 1 aliphatic rings. The molecule has 0 saturated heterocycles. The second kappa shape index (κ2) is 9.45. The van der Waals surface area contributed by atoms with Crippen molar-refractivity contribution in [2.75, 3.05) is 12.9 Å². The Labute approximate surface area is 171 Å². The van der Waals surface area contributed by atoms with Gasteiger partial charge in [-0.05, 0) is 42.7 Å². The Morgan fingerprint density at radius 1 is 1.32 bits per heavy atom. The van der Waals surface area contributed by atoms with Gasteiger partial charge in [0.05, 0.1) is 18.6 Å². The Morgan fingerprint density at radius 2 is 2.11 bits per heavy atom. The maximum atomic E-state index is 12.5. The summed E-state index contributed by atoms with van der Waals surface area (Å²) >= 11 is 1.33. The molecule has 152 valence electrons. The van der Waals surface area contributed by atoms with E-state index in [-0.39, 0.29) is 17.8 Å². The number of esters is 1. The lowest BCUT2D eigenvalue weighted by Gasteiger charge is -2.36. The third-order valence-corrected chi connectivity index (χ3v) is 6.34. The Bertz CT molecular complexity index is 793. The lowest BCUT2D eigenvalue weighted by molar-refractivity contribution is -0.152. The van der Waals surface area contributed by atoms with Gasteiger partial charge in [0.25, 0.3) is 0 Å². The summed E-state index contributed by atoms with van der Waals surface area (Å²) in [5, 5.41) is 8.79. The number of ether oxygens (including phenoxy) is 2. The zero-order chi connectivity index (χ0) is 20.1. The first kappa shape index (κ1) is 20.7. The van der Waals surface area contributed by atoms with Gasteiger partial charge in [0.15, 0.2) is 5.16 Å². The maximum absolute atomic E-state index is 12.5. The van der Waals surface area contributed by atoms with Crippen LogP contribution in [0.15, 0.2) is 35.7 Å². The van der Waals surface area contributed by atoms with Gasteiger partial charge in [-0.3, -0.25) is 9.36 Å². The number of nitrogens with zero attached hydrogens (tertiary/aromatic N) is 3. The van der Waals surface area contributed by atoms with Crippen molar-refractivity contribution >= 4 is 17.7 Å². The van der Waals surface area contributed by atoms with E-state index in [2.05, 4.69) is 31.0 Å². The van der Waals surface area contributed by atoms with Gasteiger partial charge in [0, 0.05) is 0 Å². The molecule has 1 fully saturated rings. The Kier molecular flexibility index (Phi) is 6.99. The van der Waals surface area contributed by atoms with Crippen LogP contribution in [0.1, 0.15) is 40.0 Å². The van der Waals surface area contributed by atoms with E-state index in [1.165, 1.54) is 18.2 Å². The Balaban J connectivity index is 1.63. The molecule has 2 aromatic rings. The fraction of sp³-hybridized carbons (Fsp3) is 0.571. The van der Waals surface area contributed by atoms with E-state index >= 15 is 0 Å². The standard InChI is InChI=1S/C21H29N3O3S/c1-14(2)16-10-9-15(3)11-19(16)27-20(25)12-28-21-23-22-13-24(21)17-7-5-6-8-18(17)26-4/h5-8,13-16,19H,9-12H2,1-4H3/t15-,16-,19+/m0/s1. The summed E-state index contributed by atoms with van der Waals surface area (Å²) < 4.78 is 13.1. The van der Waals surface area contributed by atoms with Gasteiger partial charge in [-0.2, -0.15) is 0 Å². The summed E-state index contributed by atoms with van der Waals surface area (Å²) in [7, 11) is 1.63. The number of hydrogen-bond donors (Lipinski definition) is 0. The molecule has 0 amide bonds. The van der Waals surface area contributed by atoms with Gasteiger partial charge >= 0.3 is 5.97 Å². The van der Waals surface area contributed by atoms with Crippen molar-refractivity contribution in [3.8, 4) is 11.4 Å². The normalized spacial score (nSPS) is 22.2. The van der Waals surface area contributed by atoms with E-state index in [0.717, 1.165) is 24.3 Å². The van der Waals surface area contributed by atoms with Crippen molar-refractivity contribution < 1.29 is 14.3 Å². The first-order valence-electron chi connectivity index (χ1n) is 9.85. The number of hydrogen-bond acceptors (Lipinski definition) is 6. The predicted octanol–water partition coefficient (Wildman–Crippen LogP) is 4.37. The van der Waals surface area contributed by atoms with Crippen LogP contribution in [0.2, 0.25) is 0 Å². The van der Waals surface area contributed by atoms with Crippen LogP contribution in [0.4, 0.5) is 0 Å². The van der Waals surface area contributed by atoms with Crippen LogP contribution in [0.3, 0.4) is 0 Å². The summed E-state index contributed by atoms with van der Waals surface area (Å²) in [6.45, 7) is 6.67.